The minimum atomic E-state index is -4.25. The average Bonchev–Trinajstić information content (AvgIpc) is 2.52. The Morgan fingerprint density at radius 2 is 1.65 bits per heavy atom. The van der Waals surface area contributed by atoms with Gasteiger partial charge in [0.1, 0.15) is 0 Å². The van der Waals surface area contributed by atoms with Crippen LogP contribution in [0.1, 0.15) is 36.5 Å². The summed E-state index contributed by atoms with van der Waals surface area (Å²) < 4.78 is 37.2. The normalized spacial score (nSPS) is 10.8. The van der Waals surface area contributed by atoms with Gasteiger partial charge < -0.3 is 5.32 Å². The molecule has 0 aliphatic rings. The van der Waals surface area contributed by atoms with Crippen molar-refractivity contribution in [2.75, 3.05) is 6.54 Å². The summed E-state index contributed by atoms with van der Waals surface area (Å²) in [6.07, 6.45) is -2.13. The van der Waals surface area contributed by atoms with Crippen LogP contribution < -0.4 is 5.32 Å². The molecule has 126 valence electrons. The molecule has 2 rings (SSSR count). The fourth-order valence-electron chi connectivity index (χ4n) is 1.93. The van der Waals surface area contributed by atoms with E-state index in [9.17, 15) is 13.2 Å². The van der Waals surface area contributed by atoms with Gasteiger partial charge in [0.05, 0.1) is 5.56 Å². The van der Waals surface area contributed by atoms with Gasteiger partial charge in [-0.25, -0.2) is 0 Å². The Bertz CT molecular complexity index is 550. The molecule has 0 fully saturated rings. The first-order valence-corrected chi connectivity index (χ1v) is 7.82. The maximum Gasteiger partial charge on any atom is 0.416 e. The van der Waals surface area contributed by atoms with Crippen LogP contribution in [0.4, 0.5) is 13.2 Å². The zero-order valence-electron chi connectivity index (χ0n) is 13.7. The van der Waals surface area contributed by atoms with Crippen molar-refractivity contribution < 1.29 is 13.2 Å². The maximum absolute atomic E-state index is 12.4. The lowest BCUT2D eigenvalue weighted by atomic mass is 10.1. The molecule has 1 N–H and O–H groups in total. The molecular formula is C19H24F3N. The number of hydrogen-bond donors (Lipinski definition) is 1. The molecule has 4 heteroatoms. The van der Waals surface area contributed by atoms with Crippen LogP contribution in [0.3, 0.4) is 0 Å². The van der Waals surface area contributed by atoms with Crippen LogP contribution in [0.5, 0.6) is 0 Å². The van der Waals surface area contributed by atoms with E-state index in [1.54, 1.807) is 6.07 Å². The highest BCUT2D eigenvalue weighted by Gasteiger charge is 2.30. The van der Waals surface area contributed by atoms with E-state index in [4.69, 9.17) is 0 Å². The van der Waals surface area contributed by atoms with E-state index in [1.807, 2.05) is 18.2 Å². The Balaban J connectivity index is 0.000000313. The van der Waals surface area contributed by atoms with Crippen molar-refractivity contribution in [3.63, 3.8) is 0 Å². The number of nitrogens with one attached hydrogen (secondary N) is 1. The van der Waals surface area contributed by atoms with Gasteiger partial charge in [-0.1, -0.05) is 67.4 Å². The van der Waals surface area contributed by atoms with Gasteiger partial charge >= 0.3 is 6.18 Å². The molecule has 0 saturated heterocycles. The number of benzene rings is 2. The second-order valence-electron chi connectivity index (χ2n) is 5.38. The Morgan fingerprint density at radius 3 is 2.17 bits per heavy atom. The molecule has 0 saturated carbocycles. The minimum absolute atomic E-state index is 0.490. The van der Waals surface area contributed by atoms with Crippen molar-refractivity contribution in [3.8, 4) is 0 Å². The summed E-state index contributed by atoms with van der Waals surface area (Å²) in [5.74, 6) is 0. The van der Waals surface area contributed by atoms with Crippen LogP contribution in [-0.2, 0) is 12.7 Å². The van der Waals surface area contributed by atoms with Crippen LogP contribution in [0.2, 0.25) is 0 Å². The van der Waals surface area contributed by atoms with Gasteiger partial charge in [-0.2, -0.15) is 13.2 Å². The van der Waals surface area contributed by atoms with E-state index in [2.05, 4.69) is 31.3 Å². The van der Waals surface area contributed by atoms with E-state index in [1.165, 1.54) is 17.7 Å². The molecule has 0 spiro atoms. The van der Waals surface area contributed by atoms with Crippen molar-refractivity contribution in [2.45, 2.75) is 39.4 Å². The van der Waals surface area contributed by atoms with Crippen LogP contribution in [0.15, 0.2) is 54.6 Å². The van der Waals surface area contributed by atoms with Gasteiger partial charge in [-0.3, -0.25) is 0 Å². The molecule has 1 nitrogen and oxygen atoms in total. The zero-order valence-corrected chi connectivity index (χ0v) is 13.7. The zero-order chi connectivity index (χ0) is 17.1. The van der Waals surface area contributed by atoms with E-state index < -0.39 is 11.7 Å². The lowest BCUT2D eigenvalue weighted by molar-refractivity contribution is -0.137. The van der Waals surface area contributed by atoms with Gasteiger partial charge in [-0.05, 0) is 31.5 Å². The number of hydrogen-bond acceptors (Lipinski definition) is 1. The maximum atomic E-state index is 12.4. The summed E-state index contributed by atoms with van der Waals surface area (Å²) >= 11 is 0. The van der Waals surface area contributed by atoms with Gasteiger partial charge in [0.2, 0.25) is 0 Å². The van der Waals surface area contributed by atoms with Crippen molar-refractivity contribution in [1.29, 1.82) is 0 Å². The summed E-state index contributed by atoms with van der Waals surface area (Å²) in [5.41, 5.74) is 1.41. The highest BCUT2D eigenvalue weighted by atomic mass is 19.4. The monoisotopic (exact) mass is 323 g/mol. The topological polar surface area (TPSA) is 12.0 Å². The molecule has 0 heterocycles. The molecular weight excluding hydrogens is 299 g/mol. The molecule has 0 radical (unpaired) electrons. The summed E-state index contributed by atoms with van der Waals surface area (Å²) in [6.45, 7) is 5.49. The molecule has 23 heavy (non-hydrogen) atoms. The molecule has 0 unspecified atom stereocenters. The standard InChI is InChI=1S/C12H16F3N.C7H8/c1-2-3-7-16-9-10-5-4-6-11(8-10)12(13,14)15;1-7-5-3-2-4-6-7/h4-6,8,16H,2-3,7,9H2,1H3;2-6H,1H3. The predicted octanol–water partition coefficient (Wildman–Crippen LogP) is 5.59. The lowest BCUT2D eigenvalue weighted by Crippen LogP contribution is -2.15. The van der Waals surface area contributed by atoms with Gasteiger partial charge in [0, 0.05) is 6.54 Å². The average molecular weight is 323 g/mol. The fourth-order valence-corrected chi connectivity index (χ4v) is 1.93. The third-order valence-corrected chi connectivity index (χ3v) is 3.23. The summed E-state index contributed by atoms with van der Waals surface area (Å²) in [4.78, 5) is 0. The molecule has 0 amide bonds. The second kappa shape index (κ2) is 10.1. The number of alkyl halides is 3. The van der Waals surface area contributed by atoms with E-state index >= 15 is 0 Å². The highest BCUT2D eigenvalue weighted by Crippen LogP contribution is 2.29. The van der Waals surface area contributed by atoms with Gasteiger partial charge in [0.25, 0.3) is 0 Å². The lowest BCUT2D eigenvalue weighted by Gasteiger charge is -2.09. The van der Waals surface area contributed by atoms with Crippen molar-refractivity contribution in [1.82, 2.24) is 5.32 Å². The summed E-state index contributed by atoms with van der Waals surface area (Å²) in [6, 6.07) is 15.7. The largest absolute Gasteiger partial charge is 0.416 e. The Morgan fingerprint density at radius 1 is 0.957 bits per heavy atom. The fraction of sp³-hybridized carbons (Fsp3) is 0.368. The number of rotatable bonds is 5. The van der Waals surface area contributed by atoms with Gasteiger partial charge in [0.15, 0.2) is 0 Å². The Hall–Kier alpha value is -1.81. The van der Waals surface area contributed by atoms with Crippen LogP contribution in [0, 0.1) is 6.92 Å². The molecule has 2 aromatic carbocycles. The quantitative estimate of drug-likeness (QED) is 0.707. The van der Waals surface area contributed by atoms with E-state index in [-0.39, 0.29) is 0 Å². The SMILES string of the molecule is CCCCNCc1cccc(C(F)(F)F)c1.Cc1ccccc1. The Labute approximate surface area is 136 Å². The first kappa shape index (κ1) is 19.2. The third-order valence-electron chi connectivity index (χ3n) is 3.23. The molecule has 2 aromatic rings. The van der Waals surface area contributed by atoms with E-state index in [0.717, 1.165) is 25.5 Å². The molecule has 0 aromatic heterocycles. The highest BCUT2D eigenvalue weighted by molar-refractivity contribution is 5.25. The third kappa shape index (κ3) is 8.41. The van der Waals surface area contributed by atoms with Crippen LogP contribution >= 0.6 is 0 Å². The van der Waals surface area contributed by atoms with Crippen LogP contribution in [-0.4, -0.2) is 6.54 Å². The number of aryl methyl sites for hydroxylation is 1. The van der Waals surface area contributed by atoms with Gasteiger partial charge in [-0.15, -0.1) is 0 Å². The van der Waals surface area contributed by atoms with Crippen LogP contribution in [0.25, 0.3) is 0 Å². The smallest absolute Gasteiger partial charge is 0.313 e. The first-order valence-electron chi connectivity index (χ1n) is 7.82. The predicted molar refractivity (Wildman–Crippen MR) is 89.2 cm³/mol. The number of unbranched alkanes of at least 4 members (excludes halogenated alkanes) is 1. The number of halogens is 3. The van der Waals surface area contributed by atoms with Crippen molar-refractivity contribution in [2.24, 2.45) is 0 Å². The first-order chi connectivity index (χ1) is 10.9. The molecule has 0 bridgehead atoms. The van der Waals surface area contributed by atoms with E-state index in [0.29, 0.717) is 12.1 Å². The summed E-state index contributed by atoms with van der Waals surface area (Å²) in [5, 5.41) is 3.11. The molecule has 0 atom stereocenters. The van der Waals surface area contributed by atoms with Crippen molar-refractivity contribution >= 4 is 0 Å². The Kier molecular flexibility index (Phi) is 8.41. The minimum Gasteiger partial charge on any atom is -0.313 e. The van der Waals surface area contributed by atoms with Crippen molar-refractivity contribution in [3.05, 3.63) is 71.3 Å². The molecule has 0 aliphatic carbocycles. The second-order valence-corrected chi connectivity index (χ2v) is 5.38. The molecule has 0 aliphatic heterocycles. The summed E-state index contributed by atoms with van der Waals surface area (Å²) in [7, 11) is 0.